The fraction of sp³-hybridized carbons (Fsp3) is 0.263. The Morgan fingerprint density at radius 1 is 1.00 bits per heavy atom. The SMILES string of the molecule is Cc1cc(C)c(NC(=O)CC(=O)OCc2ccccc2)c(C)c1. The van der Waals surface area contributed by atoms with Crippen LogP contribution in [0.25, 0.3) is 0 Å². The molecule has 4 nitrogen and oxygen atoms in total. The normalized spacial score (nSPS) is 10.2. The number of carbonyl (C=O) groups is 2. The largest absolute Gasteiger partial charge is 0.460 e. The molecule has 0 saturated heterocycles. The molecule has 2 rings (SSSR count). The molecule has 0 heterocycles. The number of rotatable bonds is 5. The molecule has 0 saturated carbocycles. The molecule has 0 unspecified atom stereocenters. The van der Waals surface area contributed by atoms with E-state index >= 15 is 0 Å². The summed E-state index contributed by atoms with van der Waals surface area (Å²) < 4.78 is 5.12. The van der Waals surface area contributed by atoms with E-state index in [4.69, 9.17) is 4.74 Å². The van der Waals surface area contributed by atoms with Crippen LogP contribution in [0.15, 0.2) is 42.5 Å². The number of hydrogen-bond donors (Lipinski definition) is 1. The van der Waals surface area contributed by atoms with Crippen molar-refractivity contribution in [2.24, 2.45) is 0 Å². The number of amides is 1. The number of carbonyl (C=O) groups excluding carboxylic acids is 2. The van der Waals surface area contributed by atoms with E-state index in [-0.39, 0.29) is 18.9 Å². The van der Waals surface area contributed by atoms with Crippen LogP contribution in [0.5, 0.6) is 0 Å². The fourth-order valence-electron chi connectivity index (χ4n) is 2.48. The maximum Gasteiger partial charge on any atom is 0.315 e. The van der Waals surface area contributed by atoms with Crippen LogP contribution in [0.1, 0.15) is 28.7 Å². The van der Waals surface area contributed by atoms with Gasteiger partial charge in [0, 0.05) is 5.69 Å². The van der Waals surface area contributed by atoms with Crippen molar-refractivity contribution >= 4 is 17.6 Å². The first-order valence-corrected chi connectivity index (χ1v) is 7.53. The molecule has 0 aliphatic heterocycles. The molecular weight excluding hydrogens is 290 g/mol. The summed E-state index contributed by atoms with van der Waals surface area (Å²) in [5.74, 6) is -0.896. The minimum atomic E-state index is -0.534. The zero-order chi connectivity index (χ0) is 16.8. The predicted molar refractivity (Wildman–Crippen MR) is 90.1 cm³/mol. The lowest BCUT2D eigenvalue weighted by atomic mass is 10.1. The summed E-state index contributed by atoms with van der Waals surface area (Å²) in [5.41, 5.74) is 4.75. The molecule has 0 aliphatic carbocycles. The lowest BCUT2D eigenvalue weighted by Crippen LogP contribution is -2.19. The molecule has 4 heteroatoms. The molecule has 0 radical (unpaired) electrons. The summed E-state index contributed by atoms with van der Waals surface area (Å²) in [6, 6.07) is 13.4. The summed E-state index contributed by atoms with van der Waals surface area (Å²) >= 11 is 0. The fourth-order valence-corrected chi connectivity index (χ4v) is 2.48. The van der Waals surface area contributed by atoms with E-state index in [2.05, 4.69) is 5.32 Å². The molecule has 0 aliphatic rings. The highest BCUT2D eigenvalue weighted by Crippen LogP contribution is 2.22. The van der Waals surface area contributed by atoms with Gasteiger partial charge >= 0.3 is 5.97 Å². The van der Waals surface area contributed by atoms with Crippen molar-refractivity contribution in [3.63, 3.8) is 0 Å². The van der Waals surface area contributed by atoms with Crippen molar-refractivity contribution in [2.75, 3.05) is 5.32 Å². The maximum absolute atomic E-state index is 12.0. The van der Waals surface area contributed by atoms with Crippen molar-refractivity contribution in [2.45, 2.75) is 33.8 Å². The Hall–Kier alpha value is -2.62. The summed E-state index contributed by atoms with van der Waals surface area (Å²) in [6.07, 6.45) is -0.292. The second kappa shape index (κ2) is 7.58. The lowest BCUT2D eigenvalue weighted by Gasteiger charge is -2.12. The molecule has 2 aromatic rings. The van der Waals surface area contributed by atoms with E-state index in [1.807, 2.05) is 63.2 Å². The highest BCUT2D eigenvalue weighted by molar-refractivity contribution is 6.02. The van der Waals surface area contributed by atoms with Gasteiger partial charge in [-0.05, 0) is 37.5 Å². The Morgan fingerprint density at radius 3 is 2.22 bits per heavy atom. The van der Waals surface area contributed by atoms with Crippen molar-refractivity contribution in [1.82, 2.24) is 0 Å². The van der Waals surface area contributed by atoms with Crippen LogP contribution in [0, 0.1) is 20.8 Å². The summed E-state index contributed by atoms with van der Waals surface area (Å²) in [5, 5.41) is 2.80. The predicted octanol–water partition coefficient (Wildman–Crippen LogP) is 3.68. The van der Waals surface area contributed by atoms with E-state index in [1.165, 1.54) is 0 Å². The Labute approximate surface area is 136 Å². The van der Waals surface area contributed by atoms with Crippen LogP contribution in [0.2, 0.25) is 0 Å². The van der Waals surface area contributed by atoms with E-state index in [0.717, 1.165) is 27.9 Å². The Kier molecular flexibility index (Phi) is 5.52. The third-order valence-corrected chi connectivity index (χ3v) is 3.49. The molecule has 1 N–H and O–H groups in total. The van der Waals surface area contributed by atoms with Gasteiger partial charge in [0.25, 0.3) is 0 Å². The molecule has 1 amide bonds. The molecule has 0 spiro atoms. The molecule has 120 valence electrons. The minimum Gasteiger partial charge on any atom is -0.460 e. The zero-order valence-electron chi connectivity index (χ0n) is 13.7. The van der Waals surface area contributed by atoms with Gasteiger partial charge in [0.2, 0.25) is 5.91 Å². The van der Waals surface area contributed by atoms with Crippen molar-refractivity contribution < 1.29 is 14.3 Å². The Balaban J connectivity index is 1.88. The Bertz CT molecular complexity index is 685. The van der Waals surface area contributed by atoms with Crippen molar-refractivity contribution in [1.29, 1.82) is 0 Å². The zero-order valence-corrected chi connectivity index (χ0v) is 13.7. The number of nitrogens with one attached hydrogen (secondary N) is 1. The van der Waals surface area contributed by atoms with Gasteiger partial charge in [0.1, 0.15) is 13.0 Å². The highest BCUT2D eigenvalue weighted by atomic mass is 16.5. The molecule has 0 atom stereocenters. The van der Waals surface area contributed by atoms with Crippen LogP contribution in [-0.2, 0) is 20.9 Å². The van der Waals surface area contributed by atoms with E-state index in [0.29, 0.717) is 0 Å². The number of ether oxygens (including phenoxy) is 1. The second-order valence-electron chi connectivity index (χ2n) is 5.64. The number of aryl methyl sites for hydroxylation is 3. The summed E-state index contributed by atoms with van der Waals surface area (Å²) in [6.45, 7) is 6.05. The van der Waals surface area contributed by atoms with E-state index < -0.39 is 5.97 Å². The van der Waals surface area contributed by atoms with Crippen LogP contribution in [0.3, 0.4) is 0 Å². The van der Waals surface area contributed by atoms with Crippen molar-refractivity contribution in [3.8, 4) is 0 Å². The van der Waals surface area contributed by atoms with Gasteiger partial charge in [0.15, 0.2) is 0 Å². The third kappa shape index (κ3) is 4.95. The van der Waals surface area contributed by atoms with Crippen LogP contribution < -0.4 is 5.32 Å². The quantitative estimate of drug-likeness (QED) is 0.677. The monoisotopic (exact) mass is 311 g/mol. The lowest BCUT2D eigenvalue weighted by molar-refractivity contribution is -0.146. The van der Waals surface area contributed by atoms with Gasteiger partial charge in [-0.15, -0.1) is 0 Å². The first-order valence-electron chi connectivity index (χ1n) is 7.53. The summed E-state index contributed by atoms with van der Waals surface area (Å²) in [4.78, 5) is 23.8. The molecule has 0 fully saturated rings. The molecular formula is C19H21NO3. The van der Waals surface area contributed by atoms with Gasteiger partial charge < -0.3 is 10.1 Å². The number of anilines is 1. The number of benzene rings is 2. The highest BCUT2D eigenvalue weighted by Gasteiger charge is 2.13. The molecule has 23 heavy (non-hydrogen) atoms. The first kappa shape index (κ1) is 16.7. The van der Waals surface area contributed by atoms with Gasteiger partial charge in [-0.3, -0.25) is 9.59 Å². The average Bonchev–Trinajstić information content (AvgIpc) is 2.50. The number of hydrogen-bond acceptors (Lipinski definition) is 3. The van der Waals surface area contributed by atoms with Gasteiger partial charge in [-0.25, -0.2) is 0 Å². The Morgan fingerprint density at radius 2 is 1.61 bits per heavy atom. The van der Waals surface area contributed by atoms with E-state index in [1.54, 1.807) is 0 Å². The molecule has 0 bridgehead atoms. The van der Waals surface area contributed by atoms with Crippen molar-refractivity contribution in [3.05, 3.63) is 64.7 Å². The minimum absolute atomic E-state index is 0.176. The smallest absolute Gasteiger partial charge is 0.315 e. The average molecular weight is 311 g/mol. The standard InChI is InChI=1S/C19H21NO3/c1-13-9-14(2)19(15(3)10-13)20-17(21)11-18(22)23-12-16-7-5-4-6-8-16/h4-10H,11-12H2,1-3H3,(H,20,21). The first-order chi connectivity index (χ1) is 11.0. The third-order valence-electron chi connectivity index (χ3n) is 3.49. The van der Waals surface area contributed by atoms with Gasteiger partial charge in [0.05, 0.1) is 0 Å². The van der Waals surface area contributed by atoms with Gasteiger partial charge in [-0.1, -0.05) is 48.0 Å². The maximum atomic E-state index is 12.0. The van der Waals surface area contributed by atoms with Crippen LogP contribution in [-0.4, -0.2) is 11.9 Å². The summed E-state index contributed by atoms with van der Waals surface area (Å²) in [7, 11) is 0. The van der Waals surface area contributed by atoms with Crippen LogP contribution in [0.4, 0.5) is 5.69 Å². The molecule has 2 aromatic carbocycles. The second-order valence-corrected chi connectivity index (χ2v) is 5.64. The van der Waals surface area contributed by atoms with Gasteiger partial charge in [-0.2, -0.15) is 0 Å². The number of esters is 1. The van der Waals surface area contributed by atoms with Crippen LogP contribution >= 0.6 is 0 Å². The van der Waals surface area contributed by atoms with E-state index in [9.17, 15) is 9.59 Å². The molecule has 0 aromatic heterocycles. The topological polar surface area (TPSA) is 55.4 Å².